The first-order chi connectivity index (χ1) is 13.0. The maximum Gasteiger partial charge on any atom is 0.271 e. The van der Waals surface area contributed by atoms with Crippen molar-refractivity contribution in [1.29, 1.82) is 0 Å². The second kappa shape index (κ2) is 8.12. The van der Waals surface area contributed by atoms with Crippen LogP contribution in [0.25, 0.3) is 5.95 Å². The smallest absolute Gasteiger partial charge is 0.271 e. The van der Waals surface area contributed by atoms with E-state index in [1.807, 2.05) is 45.0 Å². The minimum atomic E-state index is -0.192. The van der Waals surface area contributed by atoms with Crippen LogP contribution in [0.1, 0.15) is 18.3 Å². The molecule has 0 saturated carbocycles. The van der Waals surface area contributed by atoms with Gasteiger partial charge in [-0.1, -0.05) is 23.9 Å². The zero-order chi connectivity index (χ0) is 19.4. The Hall–Kier alpha value is -3.01. The van der Waals surface area contributed by atoms with Crippen LogP contribution in [-0.4, -0.2) is 42.9 Å². The first kappa shape index (κ1) is 18.8. The van der Waals surface area contributed by atoms with E-state index in [0.717, 1.165) is 11.4 Å². The fraction of sp³-hybridized carbons (Fsp3) is 0.294. The Morgan fingerprint density at radius 2 is 2.07 bits per heavy atom. The summed E-state index contributed by atoms with van der Waals surface area (Å²) in [6, 6.07) is 9.21. The van der Waals surface area contributed by atoms with Crippen molar-refractivity contribution in [1.82, 2.24) is 24.7 Å². The highest BCUT2D eigenvalue weighted by atomic mass is 32.2. The molecule has 27 heavy (non-hydrogen) atoms. The molecule has 1 aromatic carbocycles. The highest BCUT2D eigenvalue weighted by Crippen LogP contribution is 2.24. The number of aromatic nitrogens is 5. The van der Waals surface area contributed by atoms with E-state index >= 15 is 0 Å². The average molecular weight is 387 g/mol. The van der Waals surface area contributed by atoms with Crippen LogP contribution in [0, 0.1) is 13.8 Å². The summed E-state index contributed by atoms with van der Waals surface area (Å²) >= 11 is 1.19. The maximum atomic E-state index is 12.3. The van der Waals surface area contributed by atoms with E-state index in [9.17, 15) is 4.79 Å². The Morgan fingerprint density at radius 1 is 1.30 bits per heavy atom. The molecule has 3 aromatic rings. The van der Waals surface area contributed by atoms with Gasteiger partial charge in [-0.25, -0.2) is 9.36 Å². The third-order valence-electron chi connectivity index (χ3n) is 3.64. The number of hydrogen-bond acceptors (Lipinski definition) is 7. The van der Waals surface area contributed by atoms with Crippen LogP contribution in [0.5, 0.6) is 5.75 Å². The second-order valence-electron chi connectivity index (χ2n) is 5.76. The number of ether oxygens (including phenoxy) is 1. The minimum Gasteiger partial charge on any atom is -0.492 e. The minimum absolute atomic E-state index is 0.132. The fourth-order valence-corrected chi connectivity index (χ4v) is 3.16. The van der Waals surface area contributed by atoms with Crippen LogP contribution in [0.3, 0.4) is 0 Å². The van der Waals surface area contributed by atoms with E-state index in [-0.39, 0.29) is 11.7 Å². The second-order valence-corrected chi connectivity index (χ2v) is 6.70. The van der Waals surface area contributed by atoms with E-state index in [1.54, 1.807) is 10.7 Å². The molecular weight excluding hydrogens is 366 g/mol. The summed E-state index contributed by atoms with van der Waals surface area (Å²) in [6.07, 6.45) is 0. The third-order valence-corrected chi connectivity index (χ3v) is 4.58. The Balaban J connectivity index is 1.66. The van der Waals surface area contributed by atoms with Crippen molar-refractivity contribution in [3.05, 3.63) is 41.7 Å². The van der Waals surface area contributed by atoms with Crippen LogP contribution in [0.2, 0.25) is 0 Å². The largest absolute Gasteiger partial charge is 0.492 e. The molecule has 0 aliphatic heterocycles. The van der Waals surface area contributed by atoms with Crippen molar-refractivity contribution in [2.75, 3.05) is 23.5 Å². The van der Waals surface area contributed by atoms with Gasteiger partial charge in [0.05, 0.1) is 23.7 Å². The van der Waals surface area contributed by atoms with Gasteiger partial charge in [0.1, 0.15) is 5.75 Å². The fourth-order valence-electron chi connectivity index (χ4n) is 2.51. The van der Waals surface area contributed by atoms with Gasteiger partial charge in [0.2, 0.25) is 11.1 Å². The summed E-state index contributed by atoms with van der Waals surface area (Å²) in [5.74, 6) is 7.04. The Labute approximate surface area is 160 Å². The summed E-state index contributed by atoms with van der Waals surface area (Å²) in [4.78, 5) is 12.3. The molecular formula is C17H21N7O2S. The zero-order valence-corrected chi connectivity index (χ0v) is 16.2. The average Bonchev–Trinajstić information content (AvgIpc) is 3.16. The van der Waals surface area contributed by atoms with Crippen LogP contribution in [-0.2, 0) is 4.79 Å². The number of carbonyl (C=O) groups excluding carboxylic acids is 1. The summed E-state index contributed by atoms with van der Waals surface area (Å²) in [6.45, 7) is 6.21. The lowest BCUT2D eigenvalue weighted by molar-refractivity contribution is -0.113. The van der Waals surface area contributed by atoms with Gasteiger partial charge in [-0.05, 0) is 39.0 Å². The molecule has 0 aliphatic rings. The lowest BCUT2D eigenvalue weighted by Crippen LogP contribution is -2.19. The van der Waals surface area contributed by atoms with E-state index in [0.29, 0.717) is 29.1 Å². The lowest BCUT2D eigenvalue weighted by atomic mass is 10.3. The molecule has 2 heterocycles. The van der Waals surface area contributed by atoms with Crippen LogP contribution < -0.4 is 15.9 Å². The van der Waals surface area contributed by atoms with E-state index in [1.165, 1.54) is 16.4 Å². The van der Waals surface area contributed by atoms with E-state index < -0.39 is 0 Å². The van der Waals surface area contributed by atoms with Crippen molar-refractivity contribution in [2.45, 2.75) is 25.9 Å². The van der Waals surface area contributed by atoms with Gasteiger partial charge in [0, 0.05) is 5.69 Å². The molecule has 0 atom stereocenters. The Bertz CT molecular complexity index is 951. The number of nitrogens with one attached hydrogen (secondary N) is 1. The van der Waals surface area contributed by atoms with E-state index in [4.69, 9.17) is 10.6 Å². The van der Waals surface area contributed by atoms with Crippen LogP contribution in [0.15, 0.2) is 35.5 Å². The molecule has 0 fully saturated rings. The predicted octanol–water partition coefficient (Wildman–Crippen LogP) is 1.92. The first-order valence-corrected chi connectivity index (χ1v) is 9.36. The number of carbonyl (C=O) groups is 1. The third kappa shape index (κ3) is 4.22. The number of hydrogen-bond donors (Lipinski definition) is 2. The maximum absolute atomic E-state index is 12.3. The molecule has 0 radical (unpaired) electrons. The monoisotopic (exact) mass is 387 g/mol. The lowest BCUT2D eigenvalue weighted by Gasteiger charge is -2.11. The number of thioether (sulfide) groups is 1. The highest BCUT2D eigenvalue weighted by Gasteiger charge is 2.16. The van der Waals surface area contributed by atoms with Crippen molar-refractivity contribution in [2.24, 2.45) is 0 Å². The number of benzene rings is 1. The number of rotatable bonds is 7. The molecule has 10 heteroatoms. The van der Waals surface area contributed by atoms with Crippen LogP contribution >= 0.6 is 11.8 Å². The molecule has 142 valence electrons. The van der Waals surface area contributed by atoms with Crippen molar-refractivity contribution in [3.8, 4) is 11.7 Å². The summed E-state index contributed by atoms with van der Waals surface area (Å²) < 4.78 is 8.45. The molecule has 0 bridgehead atoms. The molecule has 2 aromatic heterocycles. The number of aryl methyl sites for hydroxylation is 2. The molecule has 0 aliphatic carbocycles. The van der Waals surface area contributed by atoms with Gasteiger partial charge >= 0.3 is 0 Å². The van der Waals surface area contributed by atoms with E-state index in [2.05, 4.69) is 20.6 Å². The Kier molecular flexibility index (Phi) is 5.65. The normalized spacial score (nSPS) is 10.8. The number of nitrogens with two attached hydrogens (primary N) is 1. The molecule has 3 rings (SSSR count). The summed E-state index contributed by atoms with van der Waals surface area (Å²) in [7, 11) is 0. The Morgan fingerprint density at radius 3 is 2.78 bits per heavy atom. The number of nitrogens with zero attached hydrogens (tertiary/aromatic N) is 5. The van der Waals surface area contributed by atoms with Gasteiger partial charge in [0.15, 0.2) is 0 Å². The molecule has 0 spiro atoms. The van der Waals surface area contributed by atoms with Gasteiger partial charge in [0.25, 0.3) is 5.95 Å². The summed E-state index contributed by atoms with van der Waals surface area (Å²) in [5, 5.41) is 15.7. The van der Waals surface area contributed by atoms with Crippen molar-refractivity contribution in [3.63, 3.8) is 0 Å². The number of amides is 1. The zero-order valence-electron chi connectivity index (χ0n) is 15.3. The van der Waals surface area contributed by atoms with Gasteiger partial charge in [-0.2, -0.15) is 5.10 Å². The van der Waals surface area contributed by atoms with Gasteiger partial charge in [-0.15, -0.1) is 10.2 Å². The van der Waals surface area contributed by atoms with Gasteiger partial charge < -0.3 is 15.9 Å². The van der Waals surface area contributed by atoms with Crippen molar-refractivity contribution >= 4 is 23.4 Å². The molecule has 9 nitrogen and oxygen atoms in total. The van der Waals surface area contributed by atoms with Crippen molar-refractivity contribution < 1.29 is 9.53 Å². The van der Waals surface area contributed by atoms with Crippen LogP contribution in [0.4, 0.5) is 5.69 Å². The number of nitrogen functional groups attached to an aromatic ring is 1. The molecule has 1 amide bonds. The number of anilines is 1. The molecule has 0 saturated heterocycles. The summed E-state index contributed by atoms with van der Waals surface area (Å²) in [5.41, 5.74) is 2.38. The SMILES string of the molecule is CCOc1ccccc1NC(=O)CSc1nnc(-n2nc(C)cc2C)n1N. The van der Waals surface area contributed by atoms with Gasteiger partial charge in [-0.3, -0.25) is 4.79 Å². The quantitative estimate of drug-likeness (QED) is 0.470. The molecule has 3 N–H and O–H groups in total. The standard InChI is InChI=1S/C17H21N7O2S/c1-4-26-14-8-6-5-7-13(14)19-15(25)10-27-17-21-20-16(23(17)18)24-12(3)9-11(2)22-24/h5-9H,4,10,18H2,1-3H3,(H,19,25). The molecule has 0 unspecified atom stereocenters. The highest BCUT2D eigenvalue weighted by molar-refractivity contribution is 7.99. The predicted molar refractivity (Wildman–Crippen MR) is 104 cm³/mol. The topological polar surface area (TPSA) is 113 Å². The first-order valence-electron chi connectivity index (χ1n) is 8.38. The number of para-hydroxylation sites is 2.